The predicted molar refractivity (Wildman–Crippen MR) is 84.7 cm³/mol. The van der Waals surface area contributed by atoms with Gasteiger partial charge < -0.3 is 15.6 Å². The van der Waals surface area contributed by atoms with Crippen molar-refractivity contribution in [1.82, 2.24) is 4.98 Å². The van der Waals surface area contributed by atoms with Crippen molar-refractivity contribution < 1.29 is 9.59 Å². The van der Waals surface area contributed by atoms with Crippen LogP contribution in [0.1, 0.15) is 44.8 Å². The van der Waals surface area contributed by atoms with E-state index in [1.165, 1.54) is 5.56 Å². The monoisotopic (exact) mass is 295 g/mol. The van der Waals surface area contributed by atoms with Crippen LogP contribution in [0.25, 0.3) is 0 Å². The lowest BCUT2D eigenvalue weighted by Gasteiger charge is -2.12. The van der Waals surface area contributed by atoms with Gasteiger partial charge in [0, 0.05) is 36.2 Å². The fourth-order valence-corrected chi connectivity index (χ4v) is 3.28. The van der Waals surface area contributed by atoms with Crippen molar-refractivity contribution in [2.75, 3.05) is 17.2 Å². The summed E-state index contributed by atoms with van der Waals surface area (Å²) in [6, 6.07) is 5.88. The first kappa shape index (κ1) is 13.1. The average molecular weight is 295 g/mol. The van der Waals surface area contributed by atoms with Crippen molar-refractivity contribution >= 4 is 23.1 Å². The van der Waals surface area contributed by atoms with Crippen LogP contribution >= 0.6 is 0 Å². The third kappa shape index (κ3) is 2.09. The molecule has 1 amide bonds. The number of carbonyl (C=O) groups excluding carboxylic acids is 2. The molecule has 5 heteroatoms. The second-order valence-electron chi connectivity index (χ2n) is 5.84. The van der Waals surface area contributed by atoms with E-state index < -0.39 is 0 Å². The third-order valence-corrected chi connectivity index (χ3v) is 4.39. The molecule has 0 radical (unpaired) electrons. The van der Waals surface area contributed by atoms with E-state index in [1.807, 2.05) is 18.2 Å². The number of aromatic nitrogens is 1. The largest absolute Gasteiger partial charge is 0.384 e. The van der Waals surface area contributed by atoms with E-state index in [9.17, 15) is 9.59 Å². The molecule has 1 aliphatic heterocycles. The Labute approximate surface area is 128 Å². The van der Waals surface area contributed by atoms with Crippen LogP contribution in [0.15, 0.2) is 24.4 Å². The Hall–Kier alpha value is -2.56. The Morgan fingerprint density at radius 1 is 1.18 bits per heavy atom. The zero-order chi connectivity index (χ0) is 15.1. The van der Waals surface area contributed by atoms with Gasteiger partial charge in [0.2, 0.25) is 0 Å². The summed E-state index contributed by atoms with van der Waals surface area (Å²) in [4.78, 5) is 27.6. The summed E-state index contributed by atoms with van der Waals surface area (Å²) in [5.74, 6) is -0.172. The van der Waals surface area contributed by atoms with Crippen LogP contribution in [0.4, 0.5) is 11.4 Å². The van der Waals surface area contributed by atoms with Crippen LogP contribution in [-0.2, 0) is 12.8 Å². The number of amides is 1. The number of Topliss-reactive ketones (excluding diaryl/α,β-unsaturated/α-hetero) is 1. The molecule has 0 fully saturated rings. The normalized spacial score (nSPS) is 15.9. The van der Waals surface area contributed by atoms with Crippen molar-refractivity contribution in [3.8, 4) is 0 Å². The molecule has 5 nitrogen and oxygen atoms in total. The highest BCUT2D eigenvalue weighted by Crippen LogP contribution is 2.27. The minimum absolute atomic E-state index is 0.0586. The van der Waals surface area contributed by atoms with Gasteiger partial charge in [0.25, 0.3) is 5.91 Å². The van der Waals surface area contributed by atoms with Crippen LogP contribution in [0.5, 0.6) is 0 Å². The Bertz CT molecular complexity index is 776. The topological polar surface area (TPSA) is 74.0 Å². The van der Waals surface area contributed by atoms with Crippen molar-refractivity contribution in [2.45, 2.75) is 25.7 Å². The fraction of sp³-hybridized carbons (Fsp3) is 0.294. The van der Waals surface area contributed by atoms with E-state index in [-0.39, 0.29) is 11.7 Å². The molecule has 0 bridgehead atoms. The Kier molecular flexibility index (Phi) is 2.99. The van der Waals surface area contributed by atoms with Crippen LogP contribution in [0, 0.1) is 0 Å². The first-order chi connectivity index (χ1) is 10.7. The molecule has 4 rings (SSSR count). The molecule has 2 heterocycles. The van der Waals surface area contributed by atoms with Crippen molar-refractivity contribution in [1.29, 1.82) is 0 Å². The summed E-state index contributed by atoms with van der Waals surface area (Å²) in [7, 11) is 0. The molecule has 22 heavy (non-hydrogen) atoms. The molecule has 2 aliphatic rings. The fourth-order valence-electron chi connectivity index (χ4n) is 3.28. The molecule has 1 aromatic heterocycles. The van der Waals surface area contributed by atoms with E-state index in [2.05, 4.69) is 15.6 Å². The van der Waals surface area contributed by atoms with E-state index >= 15 is 0 Å². The lowest BCUT2D eigenvalue weighted by molar-refractivity contribution is 0.0956. The molecule has 0 unspecified atom stereocenters. The number of rotatable bonds is 2. The standard InChI is InChI=1S/C17H17N3O2/c21-15-3-1-2-13-16(15)12(9-19-13)17(22)20-11-5-4-10-6-7-18-14(10)8-11/h4-5,8-9,18-19H,1-3,6-7H2,(H,20,22). The summed E-state index contributed by atoms with van der Waals surface area (Å²) in [6.45, 7) is 0.937. The number of carbonyl (C=O) groups is 2. The third-order valence-electron chi connectivity index (χ3n) is 4.39. The number of ketones is 1. The second kappa shape index (κ2) is 5.02. The summed E-state index contributed by atoms with van der Waals surface area (Å²) in [6.07, 6.45) is 4.87. The molecule has 0 spiro atoms. The van der Waals surface area contributed by atoms with E-state index in [0.717, 1.165) is 42.9 Å². The van der Waals surface area contributed by atoms with E-state index in [0.29, 0.717) is 17.5 Å². The first-order valence-corrected chi connectivity index (χ1v) is 7.64. The summed E-state index contributed by atoms with van der Waals surface area (Å²) < 4.78 is 0. The predicted octanol–water partition coefficient (Wildman–Crippen LogP) is 2.75. The summed E-state index contributed by atoms with van der Waals surface area (Å²) in [5, 5.41) is 6.19. The molecule has 0 atom stereocenters. The molecule has 1 aromatic carbocycles. The Morgan fingerprint density at radius 3 is 3.00 bits per heavy atom. The number of hydrogen-bond acceptors (Lipinski definition) is 3. The summed E-state index contributed by atoms with van der Waals surface area (Å²) in [5.41, 5.74) is 5.00. The number of aryl methyl sites for hydroxylation is 1. The van der Waals surface area contributed by atoms with E-state index in [1.54, 1.807) is 6.20 Å². The Morgan fingerprint density at radius 2 is 2.09 bits per heavy atom. The smallest absolute Gasteiger partial charge is 0.257 e. The number of hydrogen-bond donors (Lipinski definition) is 3. The van der Waals surface area contributed by atoms with Crippen LogP contribution < -0.4 is 10.6 Å². The number of fused-ring (bicyclic) bond motifs is 2. The maximum Gasteiger partial charge on any atom is 0.257 e. The molecular formula is C17H17N3O2. The number of benzene rings is 1. The number of nitrogens with one attached hydrogen (secondary N) is 3. The number of aromatic amines is 1. The van der Waals surface area contributed by atoms with E-state index in [4.69, 9.17) is 0 Å². The zero-order valence-corrected chi connectivity index (χ0v) is 12.2. The van der Waals surface area contributed by atoms with Gasteiger partial charge in [-0.25, -0.2) is 0 Å². The second-order valence-corrected chi connectivity index (χ2v) is 5.84. The number of anilines is 2. The lowest BCUT2D eigenvalue weighted by Crippen LogP contribution is -2.18. The Balaban J connectivity index is 1.60. The molecular weight excluding hydrogens is 278 g/mol. The molecule has 0 saturated carbocycles. The van der Waals surface area contributed by atoms with Gasteiger partial charge in [-0.15, -0.1) is 0 Å². The zero-order valence-electron chi connectivity index (χ0n) is 12.2. The van der Waals surface area contributed by atoms with Crippen molar-refractivity contribution in [3.63, 3.8) is 0 Å². The van der Waals surface area contributed by atoms with Gasteiger partial charge in [-0.2, -0.15) is 0 Å². The number of H-pyrrole nitrogens is 1. The van der Waals surface area contributed by atoms with Gasteiger partial charge >= 0.3 is 0 Å². The average Bonchev–Trinajstić information content (AvgIpc) is 3.13. The first-order valence-electron chi connectivity index (χ1n) is 7.64. The SMILES string of the molecule is O=C(Nc1ccc2c(c1)NCC2)c1c[nH]c2c1C(=O)CCC2. The molecule has 0 saturated heterocycles. The van der Waals surface area contributed by atoms with Gasteiger partial charge in [-0.1, -0.05) is 6.07 Å². The van der Waals surface area contributed by atoms with Crippen LogP contribution in [0.2, 0.25) is 0 Å². The molecule has 112 valence electrons. The van der Waals surface area contributed by atoms with Gasteiger partial charge in [0.05, 0.1) is 11.1 Å². The highest BCUT2D eigenvalue weighted by molar-refractivity contribution is 6.13. The van der Waals surface area contributed by atoms with Gasteiger partial charge in [0.15, 0.2) is 5.78 Å². The highest BCUT2D eigenvalue weighted by Gasteiger charge is 2.26. The minimum Gasteiger partial charge on any atom is -0.384 e. The van der Waals surface area contributed by atoms with Crippen molar-refractivity contribution in [2.24, 2.45) is 0 Å². The van der Waals surface area contributed by atoms with Crippen LogP contribution in [-0.4, -0.2) is 23.2 Å². The van der Waals surface area contributed by atoms with Gasteiger partial charge in [-0.05, 0) is 37.0 Å². The van der Waals surface area contributed by atoms with Gasteiger partial charge in [-0.3, -0.25) is 9.59 Å². The van der Waals surface area contributed by atoms with Crippen molar-refractivity contribution in [3.05, 3.63) is 46.8 Å². The molecule has 1 aliphatic carbocycles. The van der Waals surface area contributed by atoms with Gasteiger partial charge in [0.1, 0.15) is 0 Å². The highest BCUT2D eigenvalue weighted by atomic mass is 16.2. The molecule has 2 aromatic rings. The minimum atomic E-state index is -0.231. The van der Waals surface area contributed by atoms with Crippen LogP contribution in [0.3, 0.4) is 0 Å². The lowest BCUT2D eigenvalue weighted by atomic mass is 9.93. The maximum absolute atomic E-state index is 12.5. The maximum atomic E-state index is 12.5. The quantitative estimate of drug-likeness (QED) is 0.797. The summed E-state index contributed by atoms with van der Waals surface area (Å²) >= 11 is 0. The molecule has 3 N–H and O–H groups in total.